The molecule has 0 aliphatic carbocycles. The van der Waals surface area contributed by atoms with Crippen molar-refractivity contribution in [2.24, 2.45) is 0 Å². The molecule has 1 N–H and O–H groups in total. The quantitative estimate of drug-likeness (QED) is 0.900. The summed E-state index contributed by atoms with van der Waals surface area (Å²) in [6.07, 6.45) is 5.27. The second kappa shape index (κ2) is 5.73. The summed E-state index contributed by atoms with van der Waals surface area (Å²) in [5.74, 6) is -0.808. The number of aryl methyl sites for hydroxylation is 1. The molecule has 0 fully saturated rings. The van der Waals surface area contributed by atoms with Gasteiger partial charge in [-0.05, 0) is 18.6 Å². The molecule has 0 spiro atoms. The Morgan fingerprint density at radius 2 is 2.11 bits per heavy atom. The van der Waals surface area contributed by atoms with E-state index in [0.717, 1.165) is 34.0 Å². The molecule has 94 valence electrons. The second-order valence-corrected chi connectivity index (χ2v) is 5.03. The van der Waals surface area contributed by atoms with Gasteiger partial charge in [-0.25, -0.2) is 4.98 Å². The van der Waals surface area contributed by atoms with Gasteiger partial charge in [-0.2, -0.15) is 0 Å². The molecule has 2 aromatic rings. The summed E-state index contributed by atoms with van der Waals surface area (Å²) in [5.41, 5.74) is 1.90. The summed E-state index contributed by atoms with van der Waals surface area (Å²) in [6.45, 7) is 2.07. The van der Waals surface area contributed by atoms with Crippen molar-refractivity contribution in [2.75, 3.05) is 0 Å². The van der Waals surface area contributed by atoms with Gasteiger partial charge in [-0.15, -0.1) is 11.3 Å². The first-order valence-corrected chi connectivity index (χ1v) is 6.63. The minimum Gasteiger partial charge on any atom is -0.481 e. The average molecular weight is 262 g/mol. The van der Waals surface area contributed by atoms with Crippen LogP contribution in [0.3, 0.4) is 0 Å². The smallest absolute Gasteiger partial charge is 0.308 e. The van der Waals surface area contributed by atoms with Gasteiger partial charge in [0.1, 0.15) is 5.01 Å². The van der Waals surface area contributed by atoms with Gasteiger partial charge in [-0.1, -0.05) is 13.3 Å². The highest BCUT2D eigenvalue weighted by atomic mass is 32.1. The molecule has 0 saturated heterocycles. The molecule has 0 aromatic carbocycles. The van der Waals surface area contributed by atoms with Crippen LogP contribution >= 0.6 is 11.3 Å². The molecule has 0 radical (unpaired) electrons. The summed E-state index contributed by atoms with van der Waals surface area (Å²) in [4.78, 5) is 20.2. The first kappa shape index (κ1) is 12.7. The molecule has 0 aliphatic heterocycles. The van der Waals surface area contributed by atoms with Crippen molar-refractivity contribution in [3.05, 3.63) is 35.1 Å². The molecule has 2 heterocycles. The molecule has 0 amide bonds. The van der Waals surface area contributed by atoms with Crippen LogP contribution in [0, 0.1) is 0 Å². The lowest BCUT2D eigenvalue weighted by Crippen LogP contribution is -2.01. The van der Waals surface area contributed by atoms with E-state index >= 15 is 0 Å². The second-order valence-electron chi connectivity index (χ2n) is 3.95. The molecule has 0 unspecified atom stereocenters. The standard InChI is InChI=1S/C13H14N2O2S/c1-2-3-10-11(8-12(16)17)18-13(15-10)9-4-6-14-7-5-9/h4-7H,2-3,8H2,1H3,(H,16,17). The van der Waals surface area contributed by atoms with Crippen molar-refractivity contribution in [1.29, 1.82) is 0 Å². The molecule has 0 atom stereocenters. The van der Waals surface area contributed by atoms with E-state index in [-0.39, 0.29) is 6.42 Å². The number of thiazole rings is 1. The number of hydrogen-bond donors (Lipinski definition) is 1. The van der Waals surface area contributed by atoms with E-state index in [2.05, 4.69) is 16.9 Å². The van der Waals surface area contributed by atoms with Gasteiger partial charge >= 0.3 is 5.97 Å². The van der Waals surface area contributed by atoms with Crippen molar-refractivity contribution >= 4 is 17.3 Å². The Morgan fingerprint density at radius 3 is 2.72 bits per heavy atom. The first-order chi connectivity index (χ1) is 8.70. The van der Waals surface area contributed by atoms with E-state index in [1.54, 1.807) is 12.4 Å². The summed E-state index contributed by atoms with van der Waals surface area (Å²) < 4.78 is 0. The Bertz CT molecular complexity index is 537. The van der Waals surface area contributed by atoms with Crippen molar-refractivity contribution < 1.29 is 9.90 Å². The first-order valence-electron chi connectivity index (χ1n) is 5.81. The van der Waals surface area contributed by atoms with E-state index in [1.165, 1.54) is 11.3 Å². The molecular weight excluding hydrogens is 248 g/mol. The summed E-state index contributed by atoms with van der Waals surface area (Å²) >= 11 is 1.46. The molecule has 4 nitrogen and oxygen atoms in total. The number of nitrogens with zero attached hydrogens (tertiary/aromatic N) is 2. The third kappa shape index (κ3) is 2.92. The van der Waals surface area contributed by atoms with Crippen LogP contribution in [0.1, 0.15) is 23.9 Å². The van der Waals surface area contributed by atoms with E-state index in [0.29, 0.717) is 0 Å². The Labute approximate surface area is 109 Å². The molecule has 18 heavy (non-hydrogen) atoms. The fraction of sp³-hybridized carbons (Fsp3) is 0.308. The predicted molar refractivity (Wildman–Crippen MR) is 70.7 cm³/mol. The number of aromatic nitrogens is 2. The van der Waals surface area contributed by atoms with Gasteiger partial charge in [0.25, 0.3) is 0 Å². The Balaban J connectivity index is 2.35. The zero-order valence-corrected chi connectivity index (χ0v) is 10.9. The van der Waals surface area contributed by atoms with Gasteiger partial charge in [-0.3, -0.25) is 9.78 Å². The molecule has 5 heteroatoms. The van der Waals surface area contributed by atoms with Gasteiger partial charge in [0.05, 0.1) is 12.1 Å². The van der Waals surface area contributed by atoms with E-state index in [1.807, 2.05) is 12.1 Å². The lowest BCUT2D eigenvalue weighted by molar-refractivity contribution is -0.136. The highest BCUT2D eigenvalue weighted by Gasteiger charge is 2.14. The Morgan fingerprint density at radius 1 is 1.39 bits per heavy atom. The molecular formula is C13H14N2O2S. The van der Waals surface area contributed by atoms with Crippen molar-refractivity contribution in [3.63, 3.8) is 0 Å². The zero-order valence-electron chi connectivity index (χ0n) is 10.1. The normalized spacial score (nSPS) is 10.5. The summed E-state index contributed by atoms with van der Waals surface area (Å²) in [7, 11) is 0. The predicted octanol–water partition coefficient (Wildman–Crippen LogP) is 2.78. The number of pyridine rings is 1. The fourth-order valence-electron chi connectivity index (χ4n) is 1.71. The monoisotopic (exact) mass is 262 g/mol. The molecule has 2 rings (SSSR count). The van der Waals surface area contributed by atoms with Crippen molar-refractivity contribution in [1.82, 2.24) is 9.97 Å². The van der Waals surface area contributed by atoms with E-state index in [9.17, 15) is 4.79 Å². The molecule has 0 saturated carbocycles. The third-order valence-corrected chi connectivity index (χ3v) is 3.65. The third-order valence-electron chi connectivity index (χ3n) is 2.50. The molecule has 2 aromatic heterocycles. The van der Waals surface area contributed by atoms with Crippen LogP contribution in [0.2, 0.25) is 0 Å². The van der Waals surface area contributed by atoms with Gasteiger partial charge in [0, 0.05) is 22.8 Å². The fourth-order valence-corrected chi connectivity index (χ4v) is 2.81. The van der Waals surface area contributed by atoms with E-state index in [4.69, 9.17) is 5.11 Å². The SMILES string of the molecule is CCCc1nc(-c2ccncc2)sc1CC(=O)O. The highest BCUT2D eigenvalue weighted by Crippen LogP contribution is 2.28. The van der Waals surface area contributed by atoms with Crippen molar-refractivity contribution in [3.8, 4) is 10.6 Å². The van der Waals surface area contributed by atoms with Crippen LogP contribution < -0.4 is 0 Å². The lowest BCUT2D eigenvalue weighted by Gasteiger charge is -1.95. The minimum atomic E-state index is -0.808. The maximum atomic E-state index is 10.8. The highest BCUT2D eigenvalue weighted by molar-refractivity contribution is 7.15. The van der Waals surface area contributed by atoms with Crippen molar-refractivity contribution in [2.45, 2.75) is 26.2 Å². The summed E-state index contributed by atoms with van der Waals surface area (Å²) in [6, 6.07) is 3.78. The molecule has 0 aliphatic rings. The zero-order chi connectivity index (χ0) is 13.0. The van der Waals surface area contributed by atoms with Gasteiger partial charge in [0.15, 0.2) is 0 Å². The number of carbonyl (C=O) groups is 1. The van der Waals surface area contributed by atoms with Crippen LogP contribution in [0.25, 0.3) is 10.6 Å². The summed E-state index contributed by atoms with van der Waals surface area (Å²) in [5, 5.41) is 9.78. The number of carboxylic acid groups (broad SMARTS) is 1. The van der Waals surface area contributed by atoms with E-state index < -0.39 is 5.97 Å². The number of aliphatic carboxylic acids is 1. The largest absolute Gasteiger partial charge is 0.481 e. The Hall–Kier alpha value is -1.75. The lowest BCUT2D eigenvalue weighted by atomic mass is 10.2. The van der Waals surface area contributed by atoms with Crippen LogP contribution in [0.5, 0.6) is 0 Å². The van der Waals surface area contributed by atoms with Crippen LogP contribution in [-0.2, 0) is 17.6 Å². The number of hydrogen-bond acceptors (Lipinski definition) is 4. The Kier molecular flexibility index (Phi) is 4.04. The van der Waals surface area contributed by atoms with Crippen LogP contribution in [-0.4, -0.2) is 21.0 Å². The van der Waals surface area contributed by atoms with Gasteiger partial charge in [0.2, 0.25) is 0 Å². The maximum absolute atomic E-state index is 10.8. The van der Waals surface area contributed by atoms with Gasteiger partial charge < -0.3 is 5.11 Å². The molecule has 0 bridgehead atoms. The van der Waals surface area contributed by atoms with Crippen LogP contribution in [0.15, 0.2) is 24.5 Å². The topological polar surface area (TPSA) is 63.1 Å². The average Bonchev–Trinajstić information content (AvgIpc) is 2.73. The maximum Gasteiger partial charge on any atom is 0.308 e. The van der Waals surface area contributed by atoms with Crippen LogP contribution in [0.4, 0.5) is 0 Å². The number of rotatable bonds is 5. The minimum absolute atomic E-state index is 0.0537. The number of carboxylic acids is 1.